The standard InChI is InChI=1S/C19H14BrNO/c20-18-8-5-16(6-9-18)19-10-7-17(13-21-19)15-3-1-14(2-4-15)11-12-22/h1-10,12-13H,11H2. The molecule has 0 N–H and O–H groups in total. The van der Waals surface area contributed by atoms with E-state index in [4.69, 9.17) is 0 Å². The number of halogens is 1. The zero-order valence-electron chi connectivity index (χ0n) is 11.9. The number of carbonyl (C=O) groups is 1. The Hall–Kier alpha value is -2.26. The SMILES string of the molecule is O=CCc1ccc(-c2ccc(-c3ccc(Br)cc3)nc2)cc1. The second kappa shape index (κ2) is 6.67. The molecule has 0 unspecified atom stereocenters. The van der Waals surface area contributed by atoms with Crippen LogP contribution >= 0.6 is 15.9 Å². The lowest BCUT2D eigenvalue weighted by Crippen LogP contribution is -1.87. The van der Waals surface area contributed by atoms with Crippen LogP contribution < -0.4 is 0 Å². The van der Waals surface area contributed by atoms with Gasteiger partial charge in [-0.1, -0.05) is 58.4 Å². The Labute approximate surface area is 138 Å². The number of hydrogen-bond acceptors (Lipinski definition) is 2. The van der Waals surface area contributed by atoms with Gasteiger partial charge >= 0.3 is 0 Å². The van der Waals surface area contributed by atoms with Crippen LogP contribution in [-0.2, 0) is 11.2 Å². The highest BCUT2D eigenvalue weighted by Gasteiger charge is 2.02. The van der Waals surface area contributed by atoms with E-state index in [0.717, 1.165) is 38.7 Å². The van der Waals surface area contributed by atoms with Crippen molar-refractivity contribution in [3.05, 3.63) is 76.9 Å². The predicted octanol–water partition coefficient (Wildman–Crippen LogP) is 4.92. The smallest absolute Gasteiger partial charge is 0.124 e. The topological polar surface area (TPSA) is 30.0 Å². The van der Waals surface area contributed by atoms with Crippen molar-refractivity contribution in [2.75, 3.05) is 0 Å². The molecule has 0 bridgehead atoms. The largest absolute Gasteiger partial charge is 0.303 e. The first-order chi connectivity index (χ1) is 10.8. The number of benzene rings is 2. The van der Waals surface area contributed by atoms with Crippen LogP contribution in [0.2, 0.25) is 0 Å². The van der Waals surface area contributed by atoms with Gasteiger partial charge in [0.1, 0.15) is 6.29 Å². The van der Waals surface area contributed by atoms with Gasteiger partial charge in [0.25, 0.3) is 0 Å². The average molecular weight is 352 g/mol. The summed E-state index contributed by atoms with van der Waals surface area (Å²) in [5.74, 6) is 0. The van der Waals surface area contributed by atoms with Gasteiger partial charge in [-0.15, -0.1) is 0 Å². The summed E-state index contributed by atoms with van der Waals surface area (Å²) < 4.78 is 1.06. The van der Waals surface area contributed by atoms with E-state index in [9.17, 15) is 4.79 Å². The van der Waals surface area contributed by atoms with E-state index in [1.54, 1.807) is 0 Å². The fourth-order valence-corrected chi connectivity index (χ4v) is 2.55. The molecular weight excluding hydrogens is 338 g/mol. The molecule has 0 aliphatic carbocycles. The zero-order valence-corrected chi connectivity index (χ0v) is 13.5. The molecule has 108 valence electrons. The number of aldehydes is 1. The third-order valence-electron chi connectivity index (χ3n) is 3.51. The Morgan fingerprint density at radius 2 is 1.45 bits per heavy atom. The first kappa shape index (κ1) is 14.7. The zero-order chi connectivity index (χ0) is 15.4. The van der Waals surface area contributed by atoms with Crippen LogP contribution in [0.15, 0.2) is 71.3 Å². The normalized spacial score (nSPS) is 10.4. The Kier molecular flexibility index (Phi) is 4.45. The second-order valence-corrected chi connectivity index (χ2v) is 5.92. The average Bonchev–Trinajstić information content (AvgIpc) is 2.57. The van der Waals surface area contributed by atoms with E-state index in [1.807, 2.05) is 60.8 Å². The van der Waals surface area contributed by atoms with Gasteiger partial charge in [0, 0.05) is 28.2 Å². The highest BCUT2D eigenvalue weighted by Crippen LogP contribution is 2.24. The van der Waals surface area contributed by atoms with Gasteiger partial charge in [-0.25, -0.2) is 0 Å². The maximum absolute atomic E-state index is 10.5. The lowest BCUT2D eigenvalue weighted by atomic mass is 10.0. The lowest BCUT2D eigenvalue weighted by Gasteiger charge is -2.05. The Morgan fingerprint density at radius 1 is 0.818 bits per heavy atom. The molecule has 2 aromatic carbocycles. The molecule has 0 saturated carbocycles. The molecule has 0 aliphatic heterocycles. The molecule has 2 nitrogen and oxygen atoms in total. The van der Waals surface area contributed by atoms with Crippen LogP contribution in [0.3, 0.4) is 0 Å². The van der Waals surface area contributed by atoms with Crippen LogP contribution in [0.5, 0.6) is 0 Å². The minimum atomic E-state index is 0.459. The highest BCUT2D eigenvalue weighted by molar-refractivity contribution is 9.10. The van der Waals surface area contributed by atoms with Crippen LogP contribution in [0.25, 0.3) is 22.4 Å². The van der Waals surface area contributed by atoms with Gasteiger partial charge in [0.15, 0.2) is 0 Å². The van der Waals surface area contributed by atoms with Gasteiger partial charge in [0.05, 0.1) is 5.69 Å². The van der Waals surface area contributed by atoms with Crippen LogP contribution in [0.4, 0.5) is 0 Å². The van der Waals surface area contributed by atoms with Gasteiger partial charge in [0.2, 0.25) is 0 Å². The Balaban J connectivity index is 1.84. The van der Waals surface area contributed by atoms with Crippen LogP contribution in [0, 0.1) is 0 Å². The fraction of sp³-hybridized carbons (Fsp3) is 0.0526. The van der Waals surface area contributed by atoms with E-state index in [0.29, 0.717) is 6.42 Å². The molecule has 0 saturated heterocycles. The summed E-state index contributed by atoms with van der Waals surface area (Å²) >= 11 is 3.43. The maximum atomic E-state index is 10.5. The van der Waals surface area contributed by atoms with Crippen molar-refractivity contribution in [2.24, 2.45) is 0 Å². The Bertz CT molecular complexity index is 762. The molecule has 0 aliphatic rings. The minimum absolute atomic E-state index is 0.459. The van der Waals surface area contributed by atoms with Crippen molar-refractivity contribution >= 4 is 22.2 Å². The van der Waals surface area contributed by atoms with E-state index >= 15 is 0 Å². The molecule has 3 aromatic rings. The quantitative estimate of drug-likeness (QED) is 0.624. The van der Waals surface area contributed by atoms with Crippen molar-refractivity contribution in [3.63, 3.8) is 0 Å². The lowest BCUT2D eigenvalue weighted by molar-refractivity contribution is -0.107. The van der Waals surface area contributed by atoms with E-state index in [-0.39, 0.29) is 0 Å². The molecule has 0 atom stereocenters. The van der Waals surface area contributed by atoms with Gasteiger partial charge in [-0.2, -0.15) is 0 Å². The van der Waals surface area contributed by atoms with Crippen LogP contribution in [0.1, 0.15) is 5.56 Å². The molecule has 3 rings (SSSR count). The van der Waals surface area contributed by atoms with Crippen molar-refractivity contribution in [2.45, 2.75) is 6.42 Å². The minimum Gasteiger partial charge on any atom is -0.303 e. The molecule has 1 aromatic heterocycles. The summed E-state index contributed by atoms with van der Waals surface area (Å²) in [7, 11) is 0. The molecule has 0 fully saturated rings. The van der Waals surface area contributed by atoms with Crippen molar-refractivity contribution in [1.82, 2.24) is 4.98 Å². The van der Waals surface area contributed by atoms with Gasteiger partial charge in [-0.05, 0) is 29.3 Å². The number of carbonyl (C=O) groups excluding carboxylic acids is 1. The van der Waals surface area contributed by atoms with Crippen molar-refractivity contribution in [1.29, 1.82) is 0 Å². The summed E-state index contributed by atoms with van der Waals surface area (Å²) in [5, 5.41) is 0. The molecular formula is C19H14BrNO. The molecule has 3 heteroatoms. The van der Waals surface area contributed by atoms with Gasteiger partial charge in [-0.3, -0.25) is 4.98 Å². The molecule has 1 heterocycles. The molecule has 0 amide bonds. The third-order valence-corrected chi connectivity index (χ3v) is 4.04. The van der Waals surface area contributed by atoms with E-state index in [2.05, 4.69) is 27.0 Å². The summed E-state index contributed by atoms with van der Waals surface area (Å²) in [6.07, 6.45) is 3.26. The summed E-state index contributed by atoms with van der Waals surface area (Å²) in [5.41, 5.74) is 5.24. The van der Waals surface area contributed by atoms with Crippen molar-refractivity contribution in [3.8, 4) is 22.4 Å². The van der Waals surface area contributed by atoms with Crippen LogP contribution in [-0.4, -0.2) is 11.3 Å². The summed E-state index contributed by atoms with van der Waals surface area (Å²) in [6.45, 7) is 0. The predicted molar refractivity (Wildman–Crippen MR) is 92.6 cm³/mol. The number of hydrogen-bond donors (Lipinski definition) is 0. The number of rotatable bonds is 4. The number of nitrogens with zero attached hydrogens (tertiary/aromatic N) is 1. The third kappa shape index (κ3) is 3.31. The fourth-order valence-electron chi connectivity index (χ4n) is 2.29. The second-order valence-electron chi connectivity index (χ2n) is 5.01. The van der Waals surface area contributed by atoms with E-state index < -0.39 is 0 Å². The number of aromatic nitrogens is 1. The number of pyridine rings is 1. The molecule has 0 radical (unpaired) electrons. The molecule has 0 spiro atoms. The van der Waals surface area contributed by atoms with Gasteiger partial charge < -0.3 is 4.79 Å². The monoisotopic (exact) mass is 351 g/mol. The maximum Gasteiger partial charge on any atom is 0.124 e. The Morgan fingerprint density at radius 3 is 2.05 bits per heavy atom. The summed E-state index contributed by atoms with van der Waals surface area (Å²) in [6, 6.07) is 20.2. The molecule has 22 heavy (non-hydrogen) atoms. The van der Waals surface area contributed by atoms with E-state index in [1.165, 1.54) is 0 Å². The van der Waals surface area contributed by atoms with Crippen molar-refractivity contribution < 1.29 is 4.79 Å². The first-order valence-corrected chi connectivity index (χ1v) is 7.80. The first-order valence-electron chi connectivity index (χ1n) is 7.01. The highest BCUT2D eigenvalue weighted by atomic mass is 79.9. The summed E-state index contributed by atoms with van der Waals surface area (Å²) in [4.78, 5) is 15.1.